The Kier molecular flexibility index (Phi) is 9.05. The van der Waals surface area contributed by atoms with Crippen LogP contribution in [0.25, 0.3) is 0 Å². The first-order valence-corrected chi connectivity index (χ1v) is 7.91. The van der Waals surface area contributed by atoms with E-state index in [0.29, 0.717) is 0 Å². The summed E-state index contributed by atoms with van der Waals surface area (Å²) >= 11 is 0. The third-order valence-corrected chi connectivity index (χ3v) is 3.68. The molecular weight excluding hydrogens is 232 g/mol. The number of rotatable bonds is 11. The molecule has 0 saturated carbocycles. The van der Waals surface area contributed by atoms with Crippen molar-refractivity contribution in [3.05, 3.63) is 35.4 Å². The molecule has 1 rings (SSSR count). The van der Waals surface area contributed by atoms with Gasteiger partial charge in [0.15, 0.2) is 0 Å². The third-order valence-electron chi connectivity index (χ3n) is 3.68. The molecule has 0 amide bonds. The molecule has 0 aliphatic heterocycles. The molecule has 0 fully saturated rings. The minimum Gasteiger partial charge on any atom is -0.298 e. The highest BCUT2D eigenvalue weighted by Gasteiger charge is 1.95. The van der Waals surface area contributed by atoms with E-state index >= 15 is 0 Å². The Bertz CT molecular complexity index is 326. The highest BCUT2D eigenvalue weighted by Crippen LogP contribution is 2.12. The summed E-state index contributed by atoms with van der Waals surface area (Å²) < 4.78 is 0. The van der Waals surface area contributed by atoms with E-state index in [1.165, 1.54) is 63.4 Å². The lowest BCUT2D eigenvalue weighted by Crippen LogP contribution is -1.88. The lowest BCUT2D eigenvalue weighted by molar-refractivity contribution is 0.112. The first-order valence-electron chi connectivity index (χ1n) is 7.91. The fourth-order valence-electron chi connectivity index (χ4n) is 2.40. The normalized spacial score (nSPS) is 10.6. The number of aryl methyl sites for hydroxylation is 1. The minimum absolute atomic E-state index is 0.774. The van der Waals surface area contributed by atoms with Crippen LogP contribution >= 0.6 is 0 Å². The highest BCUT2D eigenvalue weighted by atomic mass is 16.1. The van der Waals surface area contributed by atoms with Crippen molar-refractivity contribution in [1.82, 2.24) is 0 Å². The van der Waals surface area contributed by atoms with E-state index < -0.39 is 0 Å². The van der Waals surface area contributed by atoms with Crippen LogP contribution in [0.15, 0.2) is 24.3 Å². The molecule has 106 valence electrons. The Labute approximate surface area is 118 Å². The monoisotopic (exact) mass is 260 g/mol. The van der Waals surface area contributed by atoms with E-state index in [4.69, 9.17) is 0 Å². The van der Waals surface area contributed by atoms with Gasteiger partial charge in [-0.1, -0.05) is 82.6 Å². The van der Waals surface area contributed by atoms with Gasteiger partial charge in [0, 0.05) is 5.56 Å². The largest absolute Gasteiger partial charge is 0.298 e. The molecule has 0 bridgehead atoms. The number of carbonyl (C=O) groups excluding carboxylic acids is 1. The number of unbranched alkanes of at least 4 members (excludes halogenated alkanes) is 8. The molecule has 1 aromatic rings. The maximum atomic E-state index is 10.5. The van der Waals surface area contributed by atoms with Gasteiger partial charge in [0.05, 0.1) is 0 Å². The topological polar surface area (TPSA) is 17.1 Å². The summed E-state index contributed by atoms with van der Waals surface area (Å²) in [6.07, 6.45) is 14.4. The molecule has 0 saturated heterocycles. The highest BCUT2D eigenvalue weighted by molar-refractivity contribution is 5.74. The van der Waals surface area contributed by atoms with Gasteiger partial charge < -0.3 is 0 Å². The van der Waals surface area contributed by atoms with E-state index in [-0.39, 0.29) is 0 Å². The first-order chi connectivity index (χ1) is 9.36. The summed E-state index contributed by atoms with van der Waals surface area (Å²) in [6, 6.07) is 7.98. The van der Waals surface area contributed by atoms with Crippen LogP contribution < -0.4 is 0 Å². The Hall–Kier alpha value is -1.11. The average Bonchev–Trinajstić information content (AvgIpc) is 2.46. The second-order valence-corrected chi connectivity index (χ2v) is 5.44. The number of aldehydes is 1. The maximum Gasteiger partial charge on any atom is 0.150 e. The first kappa shape index (κ1) is 15.9. The Morgan fingerprint density at radius 3 is 1.84 bits per heavy atom. The summed E-state index contributed by atoms with van der Waals surface area (Å²) in [6.45, 7) is 2.27. The smallest absolute Gasteiger partial charge is 0.150 e. The molecule has 19 heavy (non-hydrogen) atoms. The van der Waals surface area contributed by atoms with Gasteiger partial charge in [0.2, 0.25) is 0 Å². The van der Waals surface area contributed by atoms with Gasteiger partial charge in [-0.2, -0.15) is 0 Å². The predicted octanol–water partition coefficient (Wildman–Crippen LogP) is 5.57. The zero-order valence-corrected chi connectivity index (χ0v) is 12.4. The van der Waals surface area contributed by atoms with Crippen molar-refractivity contribution in [2.24, 2.45) is 0 Å². The molecule has 0 heterocycles. The Morgan fingerprint density at radius 2 is 1.32 bits per heavy atom. The second kappa shape index (κ2) is 10.8. The summed E-state index contributed by atoms with van der Waals surface area (Å²) in [4.78, 5) is 10.5. The van der Waals surface area contributed by atoms with Crippen LogP contribution in [-0.2, 0) is 6.42 Å². The molecular formula is C18H28O. The molecule has 1 aromatic carbocycles. The van der Waals surface area contributed by atoms with E-state index in [0.717, 1.165) is 18.3 Å². The Balaban J connectivity index is 1.96. The van der Waals surface area contributed by atoms with Gasteiger partial charge in [0.1, 0.15) is 6.29 Å². The van der Waals surface area contributed by atoms with E-state index in [9.17, 15) is 4.79 Å². The maximum absolute atomic E-state index is 10.5. The van der Waals surface area contributed by atoms with Crippen molar-refractivity contribution in [2.75, 3.05) is 0 Å². The van der Waals surface area contributed by atoms with E-state index in [1.807, 2.05) is 12.1 Å². The molecule has 1 heteroatoms. The van der Waals surface area contributed by atoms with Gasteiger partial charge in [0.25, 0.3) is 0 Å². The van der Waals surface area contributed by atoms with E-state index in [1.54, 1.807) is 0 Å². The van der Waals surface area contributed by atoms with Crippen molar-refractivity contribution in [2.45, 2.75) is 71.1 Å². The molecule has 0 aromatic heterocycles. The molecule has 0 aliphatic carbocycles. The molecule has 0 aliphatic rings. The van der Waals surface area contributed by atoms with Crippen molar-refractivity contribution >= 4 is 6.29 Å². The molecule has 1 nitrogen and oxygen atoms in total. The van der Waals surface area contributed by atoms with Gasteiger partial charge >= 0.3 is 0 Å². The van der Waals surface area contributed by atoms with E-state index in [2.05, 4.69) is 19.1 Å². The molecule has 0 unspecified atom stereocenters. The fraction of sp³-hybridized carbons (Fsp3) is 0.611. The van der Waals surface area contributed by atoms with Crippen LogP contribution in [0, 0.1) is 0 Å². The number of benzene rings is 1. The summed E-state index contributed by atoms with van der Waals surface area (Å²) in [7, 11) is 0. The van der Waals surface area contributed by atoms with Crippen LogP contribution in [0.4, 0.5) is 0 Å². The summed E-state index contributed by atoms with van der Waals surface area (Å²) in [5.74, 6) is 0. The zero-order chi connectivity index (χ0) is 13.8. The zero-order valence-electron chi connectivity index (χ0n) is 12.4. The third kappa shape index (κ3) is 7.81. The minimum atomic E-state index is 0.774. The second-order valence-electron chi connectivity index (χ2n) is 5.44. The lowest BCUT2D eigenvalue weighted by atomic mass is 10.0. The standard InChI is InChI=1S/C18H28O/c1-2-3-4-5-6-7-8-9-10-11-17-12-14-18(16-19)15-13-17/h12-16H,2-11H2,1H3. The SMILES string of the molecule is CCCCCCCCCCCc1ccc(C=O)cc1. The number of hydrogen-bond donors (Lipinski definition) is 0. The molecule has 0 atom stereocenters. The number of carbonyl (C=O) groups is 1. The van der Waals surface area contributed by atoms with Crippen molar-refractivity contribution < 1.29 is 4.79 Å². The molecule has 0 spiro atoms. The lowest BCUT2D eigenvalue weighted by Gasteiger charge is -2.03. The van der Waals surface area contributed by atoms with Crippen LogP contribution in [0.2, 0.25) is 0 Å². The quantitative estimate of drug-likeness (QED) is 0.375. The molecule has 0 radical (unpaired) electrons. The average molecular weight is 260 g/mol. The van der Waals surface area contributed by atoms with Gasteiger partial charge in [-0.15, -0.1) is 0 Å². The van der Waals surface area contributed by atoms with Gasteiger partial charge in [-0.3, -0.25) is 4.79 Å². The summed E-state index contributed by atoms with van der Waals surface area (Å²) in [5.41, 5.74) is 2.13. The van der Waals surface area contributed by atoms with Crippen LogP contribution in [0.3, 0.4) is 0 Å². The molecule has 0 N–H and O–H groups in total. The van der Waals surface area contributed by atoms with Crippen molar-refractivity contribution in [3.8, 4) is 0 Å². The van der Waals surface area contributed by atoms with Crippen molar-refractivity contribution in [3.63, 3.8) is 0 Å². The summed E-state index contributed by atoms with van der Waals surface area (Å²) in [5, 5.41) is 0. The fourth-order valence-corrected chi connectivity index (χ4v) is 2.40. The van der Waals surface area contributed by atoms with Crippen molar-refractivity contribution in [1.29, 1.82) is 0 Å². The number of hydrogen-bond acceptors (Lipinski definition) is 1. The van der Waals surface area contributed by atoms with Crippen LogP contribution in [0.1, 0.15) is 80.6 Å². The van der Waals surface area contributed by atoms with Gasteiger partial charge in [-0.05, 0) is 18.4 Å². The Morgan fingerprint density at radius 1 is 0.789 bits per heavy atom. The predicted molar refractivity (Wildman–Crippen MR) is 82.8 cm³/mol. The van der Waals surface area contributed by atoms with Gasteiger partial charge in [-0.25, -0.2) is 0 Å². The van der Waals surface area contributed by atoms with Crippen LogP contribution in [-0.4, -0.2) is 6.29 Å². The van der Waals surface area contributed by atoms with Crippen LogP contribution in [0.5, 0.6) is 0 Å².